The van der Waals surface area contributed by atoms with E-state index in [-0.39, 0.29) is 0 Å². The molecule has 1 aliphatic heterocycles. The molecule has 2 N–H and O–H groups in total. The number of rotatable bonds is 2. The number of urea groups is 2. The van der Waals surface area contributed by atoms with Crippen molar-refractivity contribution >= 4 is 23.7 Å². The number of hydrogen-bond donors (Lipinski definition) is 2. The molecule has 100 valence electrons. The van der Waals surface area contributed by atoms with Gasteiger partial charge in [-0.1, -0.05) is 18.2 Å². The fourth-order valence-electron chi connectivity index (χ4n) is 1.76. The second-order valence-corrected chi connectivity index (χ2v) is 4.16. The first-order valence-electron chi connectivity index (χ1n) is 5.67. The van der Waals surface area contributed by atoms with Gasteiger partial charge in [-0.2, -0.15) is 0 Å². The average molecular weight is 262 g/mol. The number of carbonyl (C=O) groups excluding carboxylic acids is 3. The Balaban J connectivity index is 2.00. The quantitative estimate of drug-likeness (QED) is 0.768. The molecule has 0 radical (unpaired) electrons. The molecular formula is C12H14N4O3. The van der Waals surface area contributed by atoms with Crippen LogP contribution < -0.4 is 10.6 Å². The summed E-state index contributed by atoms with van der Waals surface area (Å²) in [5.74, 6) is -0.462. The van der Waals surface area contributed by atoms with Crippen LogP contribution in [0.3, 0.4) is 0 Å². The fraction of sp³-hybridized carbons (Fsp3) is 0.250. The van der Waals surface area contributed by atoms with Crippen LogP contribution in [0.1, 0.15) is 0 Å². The van der Waals surface area contributed by atoms with Crippen LogP contribution in [0.5, 0.6) is 0 Å². The van der Waals surface area contributed by atoms with Crippen molar-refractivity contribution in [3.05, 3.63) is 30.3 Å². The van der Waals surface area contributed by atoms with Crippen LogP contribution in [-0.2, 0) is 4.79 Å². The van der Waals surface area contributed by atoms with Gasteiger partial charge in [-0.25, -0.2) is 9.59 Å². The van der Waals surface area contributed by atoms with Gasteiger partial charge >= 0.3 is 12.1 Å². The van der Waals surface area contributed by atoms with E-state index in [0.29, 0.717) is 5.69 Å². The number of benzene rings is 1. The molecule has 0 aromatic heterocycles. The molecule has 0 aliphatic carbocycles. The van der Waals surface area contributed by atoms with Crippen LogP contribution in [-0.4, -0.2) is 48.0 Å². The molecule has 1 fully saturated rings. The van der Waals surface area contributed by atoms with Crippen molar-refractivity contribution in [2.75, 3.05) is 19.4 Å². The van der Waals surface area contributed by atoms with E-state index >= 15 is 0 Å². The zero-order chi connectivity index (χ0) is 14.0. The number of nitrogens with zero attached hydrogens (tertiary/aromatic N) is 2. The van der Waals surface area contributed by atoms with Gasteiger partial charge in [0.2, 0.25) is 0 Å². The Bertz CT molecular complexity index is 517. The molecule has 1 aromatic carbocycles. The Hall–Kier alpha value is -2.57. The highest BCUT2D eigenvalue weighted by molar-refractivity contribution is 6.05. The Labute approximate surface area is 110 Å². The van der Waals surface area contributed by atoms with Crippen LogP contribution in [0.2, 0.25) is 0 Å². The number of hydrogen-bond acceptors (Lipinski definition) is 3. The van der Waals surface area contributed by atoms with Gasteiger partial charge in [0.15, 0.2) is 6.17 Å². The molecule has 5 amide bonds. The first-order chi connectivity index (χ1) is 9.00. The molecule has 1 saturated heterocycles. The van der Waals surface area contributed by atoms with Crippen molar-refractivity contribution in [2.24, 2.45) is 0 Å². The average Bonchev–Trinajstić information content (AvgIpc) is 2.58. The maximum Gasteiger partial charge on any atom is 0.328 e. The summed E-state index contributed by atoms with van der Waals surface area (Å²) >= 11 is 0. The molecule has 19 heavy (non-hydrogen) atoms. The molecule has 0 bridgehead atoms. The molecule has 1 atom stereocenters. The molecule has 0 saturated carbocycles. The highest BCUT2D eigenvalue weighted by atomic mass is 16.2. The minimum absolute atomic E-state index is 0.449. The van der Waals surface area contributed by atoms with Crippen LogP contribution >= 0.6 is 0 Å². The largest absolute Gasteiger partial charge is 0.328 e. The molecule has 1 heterocycles. The Morgan fingerprint density at radius 2 is 1.79 bits per heavy atom. The van der Waals surface area contributed by atoms with Gasteiger partial charge in [0.1, 0.15) is 0 Å². The normalized spacial score (nSPS) is 18.7. The minimum atomic E-state index is -0.971. The summed E-state index contributed by atoms with van der Waals surface area (Å²) in [4.78, 5) is 37.1. The standard InChI is InChI=1S/C12H14N4O3/c1-15-9(10(17)16(2)12(15)19)14-11(18)13-8-6-4-3-5-7-8/h3-7,9H,1-2H3,(H2,13,14,18). The molecule has 0 spiro atoms. The lowest BCUT2D eigenvalue weighted by Crippen LogP contribution is -2.48. The van der Waals surface area contributed by atoms with E-state index in [9.17, 15) is 14.4 Å². The van der Waals surface area contributed by atoms with E-state index in [1.54, 1.807) is 24.3 Å². The summed E-state index contributed by atoms with van der Waals surface area (Å²) in [7, 11) is 2.83. The smallest absolute Gasteiger partial charge is 0.309 e. The first-order valence-corrected chi connectivity index (χ1v) is 5.67. The fourth-order valence-corrected chi connectivity index (χ4v) is 1.76. The van der Waals surface area contributed by atoms with E-state index in [2.05, 4.69) is 10.6 Å². The van der Waals surface area contributed by atoms with E-state index in [1.807, 2.05) is 6.07 Å². The van der Waals surface area contributed by atoms with Crippen LogP contribution in [0.25, 0.3) is 0 Å². The zero-order valence-corrected chi connectivity index (χ0v) is 10.6. The van der Waals surface area contributed by atoms with Crippen LogP contribution in [0.15, 0.2) is 30.3 Å². The second-order valence-electron chi connectivity index (χ2n) is 4.16. The second kappa shape index (κ2) is 4.97. The third-order valence-corrected chi connectivity index (χ3v) is 2.84. The van der Waals surface area contributed by atoms with Gasteiger partial charge in [0.05, 0.1) is 0 Å². The minimum Gasteiger partial charge on any atom is -0.309 e. The summed E-state index contributed by atoms with van der Waals surface area (Å²) in [5.41, 5.74) is 0.604. The van der Waals surface area contributed by atoms with Gasteiger partial charge < -0.3 is 10.6 Å². The van der Waals surface area contributed by atoms with E-state index in [4.69, 9.17) is 0 Å². The molecular weight excluding hydrogens is 248 g/mol. The Morgan fingerprint density at radius 1 is 1.16 bits per heavy atom. The van der Waals surface area contributed by atoms with Gasteiger partial charge in [-0.15, -0.1) is 0 Å². The SMILES string of the molecule is CN1C(=O)C(NC(=O)Nc2ccccc2)N(C)C1=O. The van der Waals surface area contributed by atoms with E-state index in [0.717, 1.165) is 4.90 Å². The van der Waals surface area contributed by atoms with Crippen LogP contribution in [0, 0.1) is 0 Å². The number of imide groups is 1. The first kappa shape index (κ1) is 12.9. The maximum absolute atomic E-state index is 11.7. The van der Waals surface area contributed by atoms with Crippen molar-refractivity contribution < 1.29 is 14.4 Å². The molecule has 7 nitrogen and oxygen atoms in total. The Morgan fingerprint density at radius 3 is 2.32 bits per heavy atom. The summed E-state index contributed by atoms with van der Waals surface area (Å²) in [6.45, 7) is 0. The number of anilines is 1. The lowest BCUT2D eigenvalue weighted by Gasteiger charge is -2.17. The predicted octanol–water partition coefficient (Wildman–Crippen LogP) is 0.658. The van der Waals surface area contributed by atoms with E-state index < -0.39 is 24.1 Å². The van der Waals surface area contributed by atoms with Crippen molar-refractivity contribution in [3.8, 4) is 0 Å². The Kier molecular flexibility index (Phi) is 3.37. The van der Waals surface area contributed by atoms with Crippen molar-refractivity contribution in [1.82, 2.24) is 15.1 Å². The lowest BCUT2D eigenvalue weighted by molar-refractivity contribution is -0.127. The van der Waals surface area contributed by atoms with Gasteiger partial charge in [0, 0.05) is 19.8 Å². The molecule has 2 rings (SSSR count). The van der Waals surface area contributed by atoms with Gasteiger partial charge in [-0.3, -0.25) is 14.6 Å². The third-order valence-electron chi connectivity index (χ3n) is 2.84. The maximum atomic E-state index is 11.7. The summed E-state index contributed by atoms with van der Waals surface area (Å²) < 4.78 is 0. The lowest BCUT2D eigenvalue weighted by atomic mass is 10.3. The van der Waals surface area contributed by atoms with Crippen molar-refractivity contribution in [2.45, 2.75) is 6.17 Å². The highest BCUT2D eigenvalue weighted by Gasteiger charge is 2.41. The summed E-state index contributed by atoms with van der Waals surface area (Å²) in [5, 5.41) is 5.03. The number of carbonyl (C=O) groups is 3. The summed E-state index contributed by atoms with van der Waals surface area (Å²) in [6.07, 6.45) is -0.971. The highest BCUT2D eigenvalue weighted by Crippen LogP contribution is 2.12. The number of amides is 5. The van der Waals surface area contributed by atoms with Crippen molar-refractivity contribution in [3.63, 3.8) is 0 Å². The predicted molar refractivity (Wildman–Crippen MR) is 68.3 cm³/mol. The number of para-hydroxylation sites is 1. The van der Waals surface area contributed by atoms with Gasteiger partial charge in [0.25, 0.3) is 5.91 Å². The topological polar surface area (TPSA) is 81.8 Å². The van der Waals surface area contributed by atoms with Gasteiger partial charge in [-0.05, 0) is 12.1 Å². The van der Waals surface area contributed by atoms with E-state index in [1.165, 1.54) is 19.0 Å². The molecule has 7 heteroatoms. The molecule has 1 aliphatic rings. The van der Waals surface area contributed by atoms with Crippen molar-refractivity contribution in [1.29, 1.82) is 0 Å². The van der Waals surface area contributed by atoms with Crippen LogP contribution in [0.4, 0.5) is 15.3 Å². The number of likely N-dealkylation sites (N-methyl/N-ethyl adjacent to an activating group) is 2. The molecule has 1 aromatic rings. The summed E-state index contributed by atoms with van der Waals surface area (Å²) in [6, 6.07) is 7.83. The monoisotopic (exact) mass is 262 g/mol. The zero-order valence-electron chi connectivity index (χ0n) is 10.6. The number of nitrogens with one attached hydrogen (secondary N) is 2. The third kappa shape index (κ3) is 2.49. The molecule has 1 unspecified atom stereocenters.